The van der Waals surface area contributed by atoms with E-state index in [4.69, 9.17) is 14.5 Å². The van der Waals surface area contributed by atoms with E-state index in [1.165, 1.54) is 0 Å². The third kappa shape index (κ3) is 3.23. The topological polar surface area (TPSA) is 93.3 Å². The van der Waals surface area contributed by atoms with Crippen molar-refractivity contribution in [2.45, 2.75) is 32.6 Å². The smallest absolute Gasteiger partial charge is 0.257 e. The number of hydrogen-bond acceptors (Lipinski definition) is 6. The molecule has 1 aromatic heterocycles. The number of H-pyrrole nitrogens is 1. The molecule has 2 aromatic carbocycles. The zero-order valence-corrected chi connectivity index (χ0v) is 18.4. The summed E-state index contributed by atoms with van der Waals surface area (Å²) in [4.78, 5) is 34.6. The van der Waals surface area contributed by atoms with E-state index in [9.17, 15) is 9.59 Å². The zero-order chi connectivity index (χ0) is 22.7. The summed E-state index contributed by atoms with van der Waals surface area (Å²) in [7, 11) is 0. The summed E-state index contributed by atoms with van der Waals surface area (Å²) in [5.41, 5.74) is 3.10. The number of rotatable bonds is 2. The molecule has 0 amide bonds. The Morgan fingerprint density at radius 2 is 1.79 bits per heavy atom. The Morgan fingerprint density at radius 1 is 1.00 bits per heavy atom. The Hall–Kier alpha value is -3.87. The number of nitrogens with zero attached hydrogens (tertiary/aromatic N) is 1. The van der Waals surface area contributed by atoms with Crippen molar-refractivity contribution in [2.75, 3.05) is 12.1 Å². The number of anilines is 1. The molecule has 1 aliphatic carbocycles. The van der Waals surface area contributed by atoms with Gasteiger partial charge in [-0.05, 0) is 29.5 Å². The lowest BCUT2D eigenvalue weighted by Gasteiger charge is -2.38. The van der Waals surface area contributed by atoms with Crippen molar-refractivity contribution in [3.8, 4) is 22.9 Å². The first-order chi connectivity index (χ1) is 15.9. The Bertz CT molecular complexity index is 1390. The van der Waals surface area contributed by atoms with Crippen molar-refractivity contribution in [1.29, 1.82) is 0 Å². The molecular formula is C26H23N3O4. The highest BCUT2D eigenvalue weighted by atomic mass is 16.7. The molecule has 0 bridgehead atoms. The van der Waals surface area contributed by atoms with Crippen LogP contribution in [0.4, 0.5) is 5.82 Å². The van der Waals surface area contributed by atoms with E-state index in [0.717, 1.165) is 16.8 Å². The molecule has 0 saturated heterocycles. The average Bonchev–Trinajstić information content (AvgIpc) is 3.25. The van der Waals surface area contributed by atoms with E-state index in [-0.39, 0.29) is 23.6 Å². The molecule has 0 fully saturated rings. The molecule has 6 rings (SSSR count). The summed E-state index contributed by atoms with van der Waals surface area (Å²) in [6.45, 7) is 4.33. The zero-order valence-electron chi connectivity index (χ0n) is 18.4. The Labute approximate surface area is 190 Å². The molecular weight excluding hydrogens is 418 g/mol. The van der Waals surface area contributed by atoms with Crippen molar-refractivity contribution in [3.63, 3.8) is 0 Å². The van der Waals surface area contributed by atoms with Crippen LogP contribution in [0.25, 0.3) is 11.4 Å². The van der Waals surface area contributed by atoms with Gasteiger partial charge in [0, 0.05) is 29.2 Å². The molecule has 3 heterocycles. The highest BCUT2D eigenvalue weighted by Gasteiger charge is 2.42. The predicted octanol–water partition coefficient (Wildman–Crippen LogP) is 4.37. The first-order valence-corrected chi connectivity index (χ1v) is 11.0. The van der Waals surface area contributed by atoms with Crippen LogP contribution in [0, 0.1) is 5.41 Å². The van der Waals surface area contributed by atoms with E-state index >= 15 is 0 Å². The van der Waals surface area contributed by atoms with Crippen molar-refractivity contribution in [3.05, 3.63) is 81.3 Å². The Kier molecular flexibility index (Phi) is 4.24. The maximum absolute atomic E-state index is 13.5. The minimum absolute atomic E-state index is 0.0496. The summed E-state index contributed by atoms with van der Waals surface area (Å²) in [5, 5.41) is 3.36. The molecule has 0 radical (unpaired) electrons. The fourth-order valence-electron chi connectivity index (χ4n) is 5.07. The van der Waals surface area contributed by atoms with Gasteiger partial charge in [-0.1, -0.05) is 50.2 Å². The number of hydrogen-bond donors (Lipinski definition) is 2. The van der Waals surface area contributed by atoms with E-state index in [1.54, 1.807) is 0 Å². The van der Waals surface area contributed by atoms with Crippen molar-refractivity contribution < 1.29 is 14.3 Å². The van der Waals surface area contributed by atoms with Crippen LogP contribution in [0.1, 0.15) is 43.7 Å². The maximum Gasteiger partial charge on any atom is 0.257 e. The minimum atomic E-state index is -0.532. The standard InChI is InChI=1S/C26H23N3O4/c1-26(2)11-16-21(17(30)12-26)20(15-8-9-18-19(10-15)33-13-32-18)22-24(27-16)28-23(29-25(22)31)14-6-4-3-5-7-14/h3-10,20H,11-13H2,1-2H3,(H2,27,28,29,31)/t20-/m0/s1. The number of allylic oxidation sites excluding steroid dienone is 2. The number of nitrogens with one attached hydrogen (secondary N) is 2. The van der Waals surface area contributed by atoms with Gasteiger partial charge in [0.15, 0.2) is 17.3 Å². The van der Waals surface area contributed by atoms with Crippen LogP contribution in [0.2, 0.25) is 0 Å². The molecule has 166 valence electrons. The van der Waals surface area contributed by atoms with Gasteiger partial charge in [-0.3, -0.25) is 9.59 Å². The lowest BCUT2D eigenvalue weighted by Crippen LogP contribution is -2.37. The number of ketones is 1. The second kappa shape index (κ2) is 7.07. The number of benzene rings is 2. The quantitative estimate of drug-likeness (QED) is 0.614. The van der Waals surface area contributed by atoms with Crippen LogP contribution in [0.15, 0.2) is 64.6 Å². The van der Waals surface area contributed by atoms with Crippen molar-refractivity contribution >= 4 is 11.6 Å². The highest BCUT2D eigenvalue weighted by molar-refractivity contribution is 6.01. The second-order valence-electron chi connectivity index (χ2n) is 9.55. The lowest BCUT2D eigenvalue weighted by atomic mass is 9.69. The average molecular weight is 441 g/mol. The summed E-state index contributed by atoms with van der Waals surface area (Å²) in [5.74, 6) is 1.77. The van der Waals surface area contributed by atoms with Gasteiger partial charge in [0.25, 0.3) is 5.56 Å². The van der Waals surface area contributed by atoms with Crippen molar-refractivity contribution in [1.82, 2.24) is 9.97 Å². The van der Waals surface area contributed by atoms with Gasteiger partial charge >= 0.3 is 0 Å². The summed E-state index contributed by atoms with van der Waals surface area (Å²) in [6, 6.07) is 15.1. The summed E-state index contributed by atoms with van der Waals surface area (Å²) < 4.78 is 11.0. The van der Waals surface area contributed by atoms with Gasteiger partial charge in [-0.2, -0.15) is 0 Å². The second-order valence-corrected chi connectivity index (χ2v) is 9.55. The molecule has 3 aromatic rings. The Morgan fingerprint density at radius 3 is 2.61 bits per heavy atom. The molecule has 0 saturated carbocycles. The monoisotopic (exact) mass is 441 g/mol. The highest BCUT2D eigenvalue weighted by Crippen LogP contribution is 2.49. The lowest BCUT2D eigenvalue weighted by molar-refractivity contribution is -0.118. The maximum atomic E-state index is 13.5. The number of carbonyl (C=O) groups is 1. The van der Waals surface area contributed by atoms with E-state index in [2.05, 4.69) is 24.1 Å². The van der Waals surface area contributed by atoms with Gasteiger partial charge < -0.3 is 19.8 Å². The third-order valence-electron chi connectivity index (χ3n) is 6.50. The van der Waals surface area contributed by atoms with Crippen LogP contribution in [0.3, 0.4) is 0 Å². The number of ether oxygens (including phenoxy) is 2. The molecule has 7 heteroatoms. The molecule has 2 aliphatic heterocycles. The molecule has 0 unspecified atom stereocenters. The number of aromatic amines is 1. The first-order valence-electron chi connectivity index (χ1n) is 11.0. The SMILES string of the molecule is CC1(C)CC(=O)C2=C(C1)Nc1nc(-c3ccccc3)[nH]c(=O)c1[C@H]2c1ccc2c(c1)OCO2. The third-order valence-corrected chi connectivity index (χ3v) is 6.50. The molecule has 33 heavy (non-hydrogen) atoms. The van der Waals surface area contributed by atoms with Crippen LogP contribution in [0.5, 0.6) is 11.5 Å². The molecule has 1 atom stereocenters. The van der Waals surface area contributed by atoms with Crippen LogP contribution in [-0.4, -0.2) is 22.5 Å². The minimum Gasteiger partial charge on any atom is -0.454 e. The number of Topliss-reactive ketones (excluding diaryl/α,β-unsaturated/α-hetero) is 1. The molecule has 2 N–H and O–H groups in total. The van der Waals surface area contributed by atoms with Crippen molar-refractivity contribution in [2.24, 2.45) is 5.41 Å². The number of aromatic nitrogens is 2. The largest absolute Gasteiger partial charge is 0.454 e. The van der Waals surface area contributed by atoms with Gasteiger partial charge in [-0.25, -0.2) is 4.98 Å². The van der Waals surface area contributed by atoms with Gasteiger partial charge in [0.05, 0.1) is 5.56 Å². The van der Waals surface area contributed by atoms with Crippen LogP contribution >= 0.6 is 0 Å². The predicted molar refractivity (Wildman–Crippen MR) is 123 cm³/mol. The number of fused-ring (bicyclic) bond motifs is 2. The van der Waals surface area contributed by atoms with Gasteiger partial charge in [0.1, 0.15) is 11.6 Å². The fraction of sp³-hybridized carbons (Fsp3) is 0.269. The molecule has 7 nitrogen and oxygen atoms in total. The van der Waals surface area contributed by atoms with Crippen LogP contribution < -0.4 is 20.3 Å². The Balaban J connectivity index is 1.57. The van der Waals surface area contributed by atoms with E-state index < -0.39 is 5.92 Å². The van der Waals surface area contributed by atoms with E-state index in [1.807, 2.05) is 48.5 Å². The molecule has 3 aliphatic rings. The summed E-state index contributed by atoms with van der Waals surface area (Å²) >= 11 is 0. The van der Waals surface area contributed by atoms with Gasteiger partial charge in [-0.15, -0.1) is 0 Å². The summed E-state index contributed by atoms with van der Waals surface area (Å²) in [6.07, 6.45) is 1.13. The number of carbonyl (C=O) groups excluding carboxylic acids is 1. The van der Waals surface area contributed by atoms with E-state index in [0.29, 0.717) is 47.1 Å². The van der Waals surface area contributed by atoms with Gasteiger partial charge in [0.2, 0.25) is 6.79 Å². The van der Waals surface area contributed by atoms with Crippen LogP contribution in [-0.2, 0) is 4.79 Å². The molecule has 0 spiro atoms. The normalized spacial score (nSPS) is 20.2. The first kappa shape index (κ1) is 19.8. The fourth-order valence-corrected chi connectivity index (χ4v) is 5.07.